The maximum atomic E-state index is 11.0. The van der Waals surface area contributed by atoms with E-state index in [1.54, 1.807) is 0 Å². The van der Waals surface area contributed by atoms with E-state index in [4.69, 9.17) is 0 Å². The fourth-order valence-corrected chi connectivity index (χ4v) is 0.953. The second-order valence-corrected chi connectivity index (χ2v) is 2.51. The molecule has 0 radical (unpaired) electrons. The third kappa shape index (κ3) is 2.12. The number of carbonyl (C=O) groups is 3. The topological polar surface area (TPSA) is 94.1 Å². The van der Waals surface area contributed by atoms with Crippen LogP contribution < -0.4 is 11.3 Å². The first-order valence-corrected chi connectivity index (χ1v) is 3.74. The number of nitrogens with zero attached hydrogens (tertiary/aromatic N) is 1. The zero-order valence-corrected chi connectivity index (χ0v) is 6.95. The van der Waals surface area contributed by atoms with Gasteiger partial charge in [-0.1, -0.05) is 0 Å². The molecule has 1 heterocycles. The zero-order chi connectivity index (χ0) is 9.84. The van der Waals surface area contributed by atoms with Crippen LogP contribution in [0.4, 0.5) is 0 Å². The molecule has 0 aliphatic carbocycles. The average molecular weight is 184 g/mol. The number of nitrogens with one attached hydrogen (secondary N) is 1. The summed E-state index contributed by atoms with van der Waals surface area (Å²) in [6.45, 7) is 0.103. The molecular weight excluding hydrogens is 174 g/mol. The second kappa shape index (κ2) is 3.81. The molecule has 3 amide bonds. The number of amides is 3. The normalized spacial score (nSPS) is 15.3. The van der Waals surface area contributed by atoms with E-state index in [9.17, 15) is 14.4 Å². The molecule has 0 fully saturated rings. The van der Waals surface area contributed by atoms with Gasteiger partial charge in [-0.3, -0.25) is 25.1 Å². The zero-order valence-electron chi connectivity index (χ0n) is 6.95. The van der Waals surface area contributed by atoms with Crippen LogP contribution in [0.3, 0.4) is 0 Å². The molecule has 6 heteroatoms. The molecule has 1 aliphatic heterocycles. The molecule has 0 unspecified atom stereocenters. The van der Waals surface area contributed by atoms with Crippen molar-refractivity contribution in [3.63, 3.8) is 0 Å². The molecule has 0 atom stereocenters. The molecule has 0 saturated heterocycles. The Morgan fingerprint density at radius 3 is 2.38 bits per heavy atom. The van der Waals surface area contributed by atoms with Gasteiger partial charge >= 0.3 is 0 Å². The van der Waals surface area contributed by atoms with Gasteiger partial charge in [-0.05, 0) is 0 Å². The van der Waals surface area contributed by atoms with Crippen molar-refractivity contribution in [1.82, 2.24) is 10.3 Å². The SMILES string of the molecule is [NH3+]NC(=O)CCN1C(=O)C=CC1=O. The standard InChI is InChI=1S/C7H9N3O3/c8-9-5(11)3-4-10-6(12)1-2-7(10)13/h1-2H,3-4,8H2,(H,9,11)/p+1. The molecule has 4 N–H and O–H groups in total. The maximum absolute atomic E-state index is 11.0. The molecule has 1 aliphatic rings. The minimum Gasteiger partial charge on any atom is -0.275 e. The van der Waals surface area contributed by atoms with Gasteiger partial charge in [0.05, 0.1) is 0 Å². The predicted molar refractivity (Wildman–Crippen MR) is 41.5 cm³/mol. The lowest BCUT2D eigenvalue weighted by atomic mass is 10.4. The molecule has 13 heavy (non-hydrogen) atoms. The fraction of sp³-hybridized carbons (Fsp3) is 0.286. The largest absolute Gasteiger partial charge is 0.275 e. The summed E-state index contributed by atoms with van der Waals surface area (Å²) in [6, 6.07) is 0. The number of quaternary nitrogens is 1. The van der Waals surface area contributed by atoms with Crippen LogP contribution in [0.5, 0.6) is 0 Å². The first kappa shape index (κ1) is 9.40. The van der Waals surface area contributed by atoms with Crippen molar-refractivity contribution in [3.8, 4) is 0 Å². The number of hydrogen-bond donors (Lipinski definition) is 2. The molecule has 6 nitrogen and oxygen atoms in total. The highest BCUT2D eigenvalue weighted by molar-refractivity contribution is 6.13. The van der Waals surface area contributed by atoms with Crippen molar-refractivity contribution in [2.45, 2.75) is 6.42 Å². The van der Waals surface area contributed by atoms with Crippen molar-refractivity contribution in [3.05, 3.63) is 12.2 Å². The lowest BCUT2D eigenvalue weighted by Gasteiger charge is -2.11. The van der Waals surface area contributed by atoms with Crippen molar-refractivity contribution in [1.29, 1.82) is 0 Å². The van der Waals surface area contributed by atoms with Gasteiger partial charge in [-0.2, -0.15) is 0 Å². The van der Waals surface area contributed by atoms with E-state index in [1.165, 1.54) is 12.2 Å². The van der Waals surface area contributed by atoms with E-state index in [-0.39, 0.29) is 30.7 Å². The Morgan fingerprint density at radius 1 is 1.38 bits per heavy atom. The molecular formula is C7H10N3O3+. The third-order valence-corrected chi connectivity index (χ3v) is 1.66. The Morgan fingerprint density at radius 2 is 1.92 bits per heavy atom. The number of rotatable bonds is 3. The first-order valence-electron chi connectivity index (χ1n) is 3.74. The van der Waals surface area contributed by atoms with E-state index in [1.807, 2.05) is 0 Å². The van der Waals surface area contributed by atoms with E-state index in [2.05, 4.69) is 11.3 Å². The van der Waals surface area contributed by atoms with Gasteiger partial charge in [0.1, 0.15) is 0 Å². The van der Waals surface area contributed by atoms with Crippen LogP contribution in [0, 0.1) is 0 Å². The summed E-state index contributed by atoms with van der Waals surface area (Å²) in [5.74, 6) is 2.12. The van der Waals surface area contributed by atoms with Crippen molar-refractivity contribution in [2.75, 3.05) is 6.54 Å². The van der Waals surface area contributed by atoms with Crippen LogP contribution >= 0.6 is 0 Å². The average Bonchev–Trinajstić information content (AvgIpc) is 2.43. The highest BCUT2D eigenvalue weighted by atomic mass is 16.2. The van der Waals surface area contributed by atoms with Crippen LogP contribution in [0.25, 0.3) is 0 Å². The summed E-state index contributed by atoms with van der Waals surface area (Å²) >= 11 is 0. The summed E-state index contributed by atoms with van der Waals surface area (Å²) < 4.78 is 0. The number of imide groups is 1. The molecule has 0 spiro atoms. The van der Waals surface area contributed by atoms with Crippen molar-refractivity contribution in [2.24, 2.45) is 0 Å². The van der Waals surface area contributed by atoms with Gasteiger partial charge in [0.15, 0.2) is 0 Å². The second-order valence-electron chi connectivity index (χ2n) is 2.51. The van der Waals surface area contributed by atoms with Crippen LogP contribution in [0.15, 0.2) is 12.2 Å². The van der Waals surface area contributed by atoms with E-state index >= 15 is 0 Å². The molecule has 0 aromatic rings. The summed E-state index contributed by atoms with van der Waals surface area (Å²) in [7, 11) is 0. The molecule has 0 aromatic carbocycles. The van der Waals surface area contributed by atoms with Gasteiger partial charge in [0.25, 0.3) is 17.7 Å². The van der Waals surface area contributed by atoms with Crippen LogP contribution in [-0.2, 0) is 14.4 Å². The quantitative estimate of drug-likeness (QED) is 0.377. The molecule has 0 bridgehead atoms. The van der Waals surface area contributed by atoms with Gasteiger partial charge in [0, 0.05) is 25.1 Å². The van der Waals surface area contributed by atoms with E-state index in [0.29, 0.717) is 0 Å². The van der Waals surface area contributed by atoms with E-state index in [0.717, 1.165) is 4.90 Å². The first-order chi connectivity index (χ1) is 6.15. The summed E-state index contributed by atoms with van der Waals surface area (Å²) in [6.07, 6.45) is 2.46. The lowest BCUT2D eigenvalue weighted by molar-refractivity contribution is -0.427. The van der Waals surface area contributed by atoms with Crippen LogP contribution in [-0.4, -0.2) is 29.2 Å². The Labute approximate surface area is 74.3 Å². The molecule has 70 valence electrons. The third-order valence-electron chi connectivity index (χ3n) is 1.66. The van der Waals surface area contributed by atoms with Gasteiger partial charge in [-0.15, -0.1) is 0 Å². The van der Waals surface area contributed by atoms with Crippen LogP contribution in [0.1, 0.15) is 6.42 Å². The molecule has 1 rings (SSSR count). The van der Waals surface area contributed by atoms with Crippen LogP contribution in [0.2, 0.25) is 0 Å². The highest BCUT2D eigenvalue weighted by Gasteiger charge is 2.23. The number of hydrogen-bond acceptors (Lipinski definition) is 3. The predicted octanol–water partition coefficient (Wildman–Crippen LogP) is -2.43. The fourth-order valence-electron chi connectivity index (χ4n) is 0.953. The van der Waals surface area contributed by atoms with E-state index < -0.39 is 0 Å². The van der Waals surface area contributed by atoms with Gasteiger partial charge in [-0.25, -0.2) is 5.43 Å². The smallest absolute Gasteiger partial charge is 0.266 e. The Balaban J connectivity index is 2.42. The number of carbonyl (C=O) groups excluding carboxylic acids is 3. The Hall–Kier alpha value is -1.69. The van der Waals surface area contributed by atoms with Gasteiger partial charge < -0.3 is 0 Å². The van der Waals surface area contributed by atoms with Gasteiger partial charge in [0.2, 0.25) is 0 Å². The maximum Gasteiger partial charge on any atom is 0.266 e. The Bertz CT molecular complexity index is 267. The Kier molecular flexibility index (Phi) is 2.76. The minimum absolute atomic E-state index is 0.0860. The monoisotopic (exact) mass is 184 g/mol. The lowest BCUT2D eigenvalue weighted by Crippen LogP contribution is -2.67. The summed E-state index contributed by atoms with van der Waals surface area (Å²) in [4.78, 5) is 33.7. The molecule has 0 aromatic heterocycles. The van der Waals surface area contributed by atoms with Crippen molar-refractivity contribution >= 4 is 17.7 Å². The molecule has 0 saturated carbocycles. The highest BCUT2D eigenvalue weighted by Crippen LogP contribution is 2.03. The minimum atomic E-state index is -0.373. The van der Waals surface area contributed by atoms with Crippen molar-refractivity contribution < 1.29 is 20.2 Å². The summed E-state index contributed by atoms with van der Waals surface area (Å²) in [5, 5.41) is 0. The summed E-state index contributed by atoms with van der Waals surface area (Å²) in [5.41, 5.74) is 2.16.